The van der Waals surface area contributed by atoms with Gasteiger partial charge in [0, 0.05) is 0 Å². The number of rotatable bonds is 0. The SMILES string of the molecule is N#Cc1ccc2c(c1)CC[C@H]1C[C@@H]21. The summed E-state index contributed by atoms with van der Waals surface area (Å²) in [6.45, 7) is 0. The average Bonchev–Trinajstić information content (AvgIpc) is 2.95. The Morgan fingerprint density at radius 1 is 1.38 bits per heavy atom. The van der Waals surface area contributed by atoms with E-state index in [1.807, 2.05) is 6.07 Å². The molecule has 2 aliphatic rings. The van der Waals surface area contributed by atoms with E-state index in [9.17, 15) is 0 Å². The monoisotopic (exact) mass is 169 g/mol. The van der Waals surface area contributed by atoms with Gasteiger partial charge in [-0.1, -0.05) is 6.07 Å². The molecule has 0 radical (unpaired) electrons. The lowest BCUT2D eigenvalue weighted by molar-refractivity contribution is 0.667. The molecule has 64 valence electrons. The third kappa shape index (κ3) is 0.986. The molecule has 1 fully saturated rings. The summed E-state index contributed by atoms with van der Waals surface area (Å²) in [5, 5.41) is 8.77. The van der Waals surface area contributed by atoms with Crippen LogP contribution in [0.1, 0.15) is 35.4 Å². The molecule has 1 saturated carbocycles. The van der Waals surface area contributed by atoms with Gasteiger partial charge in [0.2, 0.25) is 0 Å². The summed E-state index contributed by atoms with van der Waals surface area (Å²) < 4.78 is 0. The molecule has 0 heterocycles. The lowest BCUT2D eigenvalue weighted by atomic mass is 9.90. The normalized spacial score (nSPS) is 28.5. The first kappa shape index (κ1) is 7.15. The first-order valence-electron chi connectivity index (χ1n) is 4.91. The van der Waals surface area contributed by atoms with Crippen LogP contribution in [0.2, 0.25) is 0 Å². The molecule has 0 spiro atoms. The summed E-state index contributed by atoms with van der Waals surface area (Å²) in [5.74, 6) is 1.82. The van der Waals surface area contributed by atoms with E-state index < -0.39 is 0 Å². The van der Waals surface area contributed by atoms with Gasteiger partial charge in [-0.15, -0.1) is 0 Å². The number of nitrogens with zero attached hydrogens (tertiary/aromatic N) is 1. The fourth-order valence-corrected chi connectivity index (χ4v) is 2.54. The minimum atomic E-state index is 0.817. The van der Waals surface area contributed by atoms with Gasteiger partial charge in [0.15, 0.2) is 0 Å². The highest BCUT2D eigenvalue weighted by Crippen LogP contribution is 2.54. The van der Waals surface area contributed by atoms with Crippen molar-refractivity contribution in [2.24, 2.45) is 5.92 Å². The van der Waals surface area contributed by atoms with Crippen LogP contribution < -0.4 is 0 Å². The largest absolute Gasteiger partial charge is 0.192 e. The molecule has 1 nitrogen and oxygen atoms in total. The van der Waals surface area contributed by atoms with Crippen molar-refractivity contribution in [2.75, 3.05) is 0 Å². The first-order chi connectivity index (χ1) is 6.38. The maximum Gasteiger partial charge on any atom is 0.0991 e. The van der Waals surface area contributed by atoms with Crippen LogP contribution in [-0.4, -0.2) is 0 Å². The Kier molecular flexibility index (Phi) is 1.29. The van der Waals surface area contributed by atoms with Gasteiger partial charge >= 0.3 is 0 Å². The molecule has 0 amide bonds. The van der Waals surface area contributed by atoms with Crippen molar-refractivity contribution in [1.29, 1.82) is 5.26 Å². The third-order valence-electron chi connectivity index (χ3n) is 3.38. The number of aryl methyl sites for hydroxylation is 1. The van der Waals surface area contributed by atoms with Crippen molar-refractivity contribution in [2.45, 2.75) is 25.2 Å². The van der Waals surface area contributed by atoms with Crippen LogP contribution >= 0.6 is 0 Å². The molecule has 0 saturated heterocycles. The first-order valence-corrected chi connectivity index (χ1v) is 4.91. The number of hydrogen-bond donors (Lipinski definition) is 0. The molecule has 0 aliphatic heterocycles. The Labute approximate surface area is 78.0 Å². The second-order valence-corrected chi connectivity index (χ2v) is 4.17. The maximum absolute atomic E-state index is 8.77. The minimum absolute atomic E-state index is 0.817. The Morgan fingerprint density at radius 2 is 2.31 bits per heavy atom. The highest BCUT2D eigenvalue weighted by atomic mass is 14.5. The molecule has 1 aromatic rings. The van der Waals surface area contributed by atoms with Crippen LogP contribution in [0.15, 0.2) is 18.2 Å². The van der Waals surface area contributed by atoms with E-state index >= 15 is 0 Å². The Morgan fingerprint density at radius 3 is 3.15 bits per heavy atom. The van der Waals surface area contributed by atoms with Crippen molar-refractivity contribution in [1.82, 2.24) is 0 Å². The zero-order valence-electron chi connectivity index (χ0n) is 7.46. The van der Waals surface area contributed by atoms with Gasteiger partial charge in [-0.2, -0.15) is 5.26 Å². The molecule has 2 atom stereocenters. The molecular weight excluding hydrogens is 158 g/mol. The molecule has 0 unspecified atom stereocenters. The Balaban J connectivity index is 2.11. The molecule has 1 heteroatoms. The number of benzene rings is 1. The van der Waals surface area contributed by atoms with Gasteiger partial charge in [-0.3, -0.25) is 0 Å². The van der Waals surface area contributed by atoms with Crippen molar-refractivity contribution < 1.29 is 0 Å². The molecular formula is C12H11N. The van der Waals surface area contributed by atoms with E-state index in [0.29, 0.717) is 0 Å². The van der Waals surface area contributed by atoms with Gasteiger partial charge in [0.05, 0.1) is 11.6 Å². The van der Waals surface area contributed by atoms with Gasteiger partial charge in [-0.05, 0) is 54.4 Å². The van der Waals surface area contributed by atoms with Crippen molar-refractivity contribution in [3.8, 4) is 6.07 Å². The molecule has 0 N–H and O–H groups in total. The van der Waals surface area contributed by atoms with Gasteiger partial charge in [0.25, 0.3) is 0 Å². The lowest BCUT2D eigenvalue weighted by Crippen LogP contribution is -2.01. The fourth-order valence-electron chi connectivity index (χ4n) is 2.54. The Hall–Kier alpha value is -1.29. The average molecular weight is 169 g/mol. The van der Waals surface area contributed by atoms with Crippen LogP contribution in [0.25, 0.3) is 0 Å². The number of fused-ring (bicyclic) bond motifs is 3. The van der Waals surface area contributed by atoms with Crippen LogP contribution in [0, 0.1) is 17.2 Å². The fraction of sp³-hybridized carbons (Fsp3) is 0.417. The predicted octanol–water partition coefficient (Wildman–Crippen LogP) is 2.61. The van der Waals surface area contributed by atoms with E-state index in [-0.39, 0.29) is 0 Å². The van der Waals surface area contributed by atoms with Crippen LogP contribution in [0.5, 0.6) is 0 Å². The number of nitriles is 1. The summed E-state index contributed by atoms with van der Waals surface area (Å²) in [4.78, 5) is 0. The molecule has 0 aromatic heterocycles. The molecule has 13 heavy (non-hydrogen) atoms. The van der Waals surface area contributed by atoms with Crippen molar-refractivity contribution in [3.63, 3.8) is 0 Å². The molecule has 2 aliphatic carbocycles. The van der Waals surface area contributed by atoms with Gasteiger partial charge in [0.1, 0.15) is 0 Å². The molecule has 0 bridgehead atoms. The zero-order chi connectivity index (χ0) is 8.84. The van der Waals surface area contributed by atoms with E-state index in [0.717, 1.165) is 17.4 Å². The highest BCUT2D eigenvalue weighted by Gasteiger charge is 2.41. The smallest absolute Gasteiger partial charge is 0.0991 e. The Bertz CT molecular complexity index is 400. The third-order valence-corrected chi connectivity index (χ3v) is 3.38. The summed E-state index contributed by atoms with van der Waals surface area (Å²) in [5.41, 5.74) is 3.77. The van der Waals surface area contributed by atoms with E-state index in [4.69, 9.17) is 5.26 Å². The summed E-state index contributed by atoms with van der Waals surface area (Å²) in [6, 6.07) is 8.40. The molecule has 1 aromatic carbocycles. The van der Waals surface area contributed by atoms with E-state index in [2.05, 4.69) is 18.2 Å². The summed E-state index contributed by atoms with van der Waals surface area (Å²) in [7, 11) is 0. The van der Waals surface area contributed by atoms with Gasteiger partial charge < -0.3 is 0 Å². The topological polar surface area (TPSA) is 23.8 Å². The van der Waals surface area contributed by atoms with Crippen LogP contribution in [0.4, 0.5) is 0 Å². The standard InChI is InChI=1S/C12H11N/c13-7-8-1-4-11-9(5-8)2-3-10-6-12(10)11/h1,4-5,10,12H,2-3,6H2/t10-,12+/m0/s1. The molecule has 3 rings (SSSR count). The van der Waals surface area contributed by atoms with Crippen molar-refractivity contribution >= 4 is 0 Å². The van der Waals surface area contributed by atoms with Crippen LogP contribution in [0.3, 0.4) is 0 Å². The maximum atomic E-state index is 8.77. The zero-order valence-corrected chi connectivity index (χ0v) is 7.46. The predicted molar refractivity (Wildman–Crippen MR) is 50.3 cm³/mol. The summed E-state index contributed by atoms with van der Waals surface area (Å²) >= 11 is 0. The van der Waals surface area contributed by atoms with Crippen molar-refractivity contribution in [3.05, 3.63) is 34.9 Å². The summed E-state index contributed by atoms with van der Waals surface area (Å²) in [6.07, 6.45) is 3.91. The second kappa shape index (κ2) is 2.35. The highest BCUT2D eigenvalue weighted by molar-refractivity contribution is 5.43. The number of hydrogen-bond acceptors (Lipinski definition) is 1. The quantitative estimate of drug-likeness (QED) is 0.585. The van der Waals surface area contributed by atoms with Crippen LogP contribution in [-0.2, 0) is 6.42 Å². The minimum Gasteiger partial charge on any atom is -0.192 e. The lowest BCUT2D eigenvalue weighted by Gasteiger charge is -2.14. The van der Waals surface area contributed by atoms with E-state index in [1.54, 1.807) is 0 Å². The van der Waals surface area contributed by atoms with Gasteiger partial charge in [-0.25, -0.2) is 0 Å². The second-order valence-electron chi connectivity index (χ2n) is 4.17. The van der Waals surface area contributed by atoms with E-state index in [1.165, 1.54) is 30.4 Å².